The van der Waals surface area contributed by atoms with Crippen molar-refractivity contribution in [2.45, 2.75) is 18.4 Å². The van der Waals surface area contributed by atoms with Crippen LogP contribution in [0.15, 0.2) is 48.6 Å². The Morgan fingerprint density at radius 3 is 2.58 bits per heavy atom. The number of nitrogens with one attached hydrogen (secondary N) is 1. The largest absolute Gasteiger partial charge is 0.497 e. The van der Waals surface area contributed by atoms with E-state index in [0.717, 1.165) is 29.2 Å². The minimum atomic E-state index is -0.910. The summed E-state index contributed by atoms with van der Waals surface area (Å²) in [5.74, 6) is 1.28. The fourth-order valence-electron chi connectivity index (χ4n) is 4.08. The van der Waals surface area contributed by atoms with Crippen molar-refractivity contribution < 1.29 is 19.4 Å². The number of hydrogen-bond donors (Lipinski definition) is 2. The highest BCUT2D eigenvalue weighted by Gasteiger charge is 2.39. The summed E-state index contributed by atoms with van der Waals surface area (Å²) >= 11 is 0. The molecule has 0 fully saturated rings. The normalized spacial score (nSPS) is 22.9. The molecular formula is C21H21NO4. The van der Waals surface area contributed by atoms with Crippen molar-refractivity contribution >= 4 is 11.7 Å². The van der Waals surface area contributed by atoms with Gasteiger partial charge in [-0.25, -0.2) is 4.79 Å². The van der Waals surface area contributed by atoms with Gasteiger partial charge in [-0.15, -0.1) is 0 Å². The van der Waals surface area contributed by atoms with Crippen LogP contribution in [0.25, 0.3) is 0 Å². The molecule has 26 heavy (non-hydrogen) atoms. The molecule has 0 unspecified atom stereocenters. The lowest BCUT2D eigenvalue weighted by molar-refractivity contribution is 0.0697. The topological polar surface area (TPSA) is 67.8 Å². The summed E-state index contributed by atoms with van der Waals surface area (Å²) in [6, 6.07) is 11.2. The Kier molecular flexibility index (Phi) is 4.07. The average Bonchev–Trinajstić information content (AvgIpc) is 3.16. The van der Waals surface area contributed by atoms with E-state index in [2.05, 4.69) is 23.5 Å². The first-order valence-corrected chi connectivity index (χ1v) is 8.64. The standard InChI is InChI=1S/C21H21NO4/c1-25-14-10-17-15-4-3-5-16(15)19(22-20(17)18(11-14)26-2)12-6-8-13(9-7-12)21(23)24/h3-4,6-11,15-16,19,22H,5H2,1-2H3,(H,23,24)/t15-,16+,19+/m1/s1. The lowest BCUT2D eigenvalue weighted by Gasteiger charge is -2.38. The number of allylic oxidation sites excluding steroid dienone is 2. The predicted octanol–water partition coefficient (Wildman–Crippen LogP) is 4.23. The number of methoxy groups -OCH3 is 2. The van der Waals surface area contributed by atoms with Crippen molar-refractivity contribution in [1.29, 1.82) is 0 Å². The number of aromatic carboxylic acids is 1. The van der Waals surface area contributed by atoms with Crippen molar-refractivity contribution in [3.63, 3.8) is 0 Å². The van der Waals surface area contributed by atoms with Gasteiger partial charge in [0.15, 0.2) is 0 Å². The monoisotopic (exact) mass is 351 g/mol. The van der Waals surface area contributed by atoms with E-state index in [1.165, 1.54) is 5.56 Å². The predicted molar refractivity (Wildman–Crippen MR) is 99.3 cm³/mol. The molecule has 0 radical (unpaired) electrons. The molecule has 0 saturated heterocycles. The summed E-state index contributed by atoms with van der Waals surface area (Å²) in [7, 11) is 3.32. The zero-order chi connectivity index (χ0) is 18.3. The van der Waals surface area contributed by atoms with E-state index in [1.54, 1.807) is 26.4 Å². The molecule has 0 aromatic heterocycles. The Bertz CT molecular complexity index is 872. The summed E-state index contributed by atoms with van der Waals surface area (Å²) in [4.78, 5) is 11.1. The second-order valence-corrected chi connectivity index (χ2v) is 6.70. The zero-order valence-electron chi connectivity index (χ0n) is 14.7. The van der Waals surface area contributed by atoms with E-state index in [-0.39, 0.29) is 12.0 Å². The molecule has 3 atom stereocenters. The van der Waals surface area contributed by atoms with Crippen molar-refractivity contribution in [2.75, 3.05) is 19.5 Å². The molecule has 1 aliphatic carbocycles. The molecule has 134 valence electrons. The SMILES string of the molecule is COc1cc(OC)c2c(c1)[C@@H]1C=CC[C@@H]1[C@H](c1ccc(C(=O)O)cc1)N2. The summed E-state index contributed by atoms with van der Waals surface area (Å²) in [5, 5.41) is 12.8. The molecule has 1 heterocycles. The fraction of sp³-hybridized carbons (Fsp3) is 0.286. The van der Waals surface area contributed by atoms with Crippen molar-refractivity contribution in [3.05, 3.63) is 65.2 Å². The molecule has 0 saturated carbocycles. The zero-order valence-corrected chi connectivity index (χ0v) is 14.7. The third kappa shape index (κ3) is 2.60. The number of rotatable bonds is 4. The lowest BCUT2D eigenvalue weighted by Crippen LogP contribution is -2.29. The summed E-state index contributed by atoms with van der Waals surface area (Å²) < 4.78 is 11.0. The van der Waals surface area contributed by atoms with Gasteiger partial charge in [0.05, 0.1) is 31.5 Å². The van der Waals surface area contributed by atoms with Crippen LogP contribution < -0.4 is 14.8 Å². The Morgan fingerprint density at radius 1 is 1.15 bits per heavy atom. The van der Waals surface area contributed by atoms with Crippen LogP contribution in [0.5, 0.6) is 11.5 Å². The number of benzene rings is 2. The van der Waals surface area contributed by atoms with Gasteiger partial charge in [-0.05, 0) is 41.7 Å². The molecule has 2 aromatic rings. The maximum atomic E-state index is 11.1. The van der Waals surface area contributed by atoms with Gasteiger partial charge in [0.1, 0.15) is 11.5 Å². The van der Waals surface area contributed by atoms with Crippen LogP contribution in [0.3, 0.4) is 0 Å². The van der Waals surface area contributed by atoms with Crippen molar-refractivity contribution in [3.8, 4) is 11.5 Å². The number of hydrogen-bond acceptors (Lipinski definition) is 4. The number of ether oxygens (including phenoxy) is 2. The van der Waals surface area contributed by atoms with Crippen LogP contribution in [0.1, 0.15) is 39.9 Å². The van der Waals surface area contributed by atoms with E-state index < -0.39 is 5.97 Å². The molecule has 1 aliphatic heterocycles. The molecule has 5 nitrogen and oxygen atoms in total. The maximum Gasteiger partial charge on any atom is 0.335 e. The second kappa shape index (κ2) is 6.41. The highest BCUT2D eigenvalue weighted by Crippen LogP contribution is 2.53. The fourth-order valence-corrected chi connectivity index (χ4v) is 4.08. The quantitative estimate of drug-likeness (QED) is 0.807. The van der Waals surface area contributed by atoms with Gasteiger partial charge in [-0.3, -0.25) is 0 Å². The van der Waals surface area contributed by atoms with Gasteiger partial charge >= 0.3 is 5.97 Å². The van der Waals surface area contributed by atoms with Crippen LogP contribution in [0, 0.1) is 5.92 Å². The number of fused-ring (bicyclic) bond motifs is 3. The molecule has 0 amide bonds. The van der Waals surface area contributed by atoms with Gasteiger partial charge < -0.3 is 19.9 Å². The first kappa shape index (κ1) is 16.5. The van der Waals surface area contributed by atoms with Crippen LogP contribution >= 0.6 is 0 Å². The Labute approximate surface area is 152 Å². The van der Waals surface area contributed by atoms with Crippen molar-refractivity contribution in [1.82, 2.24) is 0 Å². The molecule has 4 rings (SSSR count). The molecule has 2 aliphatic rings. The van der Waals surface area contributed by atoms with Crippen LogP contribution in [0.4, 0.5) is 5.69 Å². The van der Waals surface area contributed by atoms with Gasteiger partial charge in [-0.1, -0.05) is 24.3 Å². The van der Waals surface area contributed by atoms with E-state index in [1.807, 2.05) is 18.2 Å². The van der Waals surface area contributed by atoms with Crippen molar-refractivity contribution in [2.24, 2.45) is 5.92 Å². The average molecular weight is 351 g/mol. The van der Waals surface area contributed by atoms with Crippen LogP contribution in [-0.2, 0) is 0 Å². The highest BCUT2D eigenvalue weighted by atomic mass is 16.5. The first-order chi connectivity index (χ1) is 12.6. The summed E-state index contributed by atoms with van der Waals surface area (Å²) in [5.41, 5.74) is 3.54. The molecule has 2 aromatic carbocycles. The number of anilines is 1. The maximum absolute atomic E-state index is 11.1. The third-order valence-corrected chi connectivity index (χ3v) is 5.38. The number of carboxylic acid groups (broad SMARTS) is 1. The van der Waals surface area contributed by atoms with E-state index >= 15 is 0 Å². The molecule has 0 bridgehead atoms. The Balaban J connectivity index is 1.77. The van der Waals surface area contributed by atoms with E-state index in [4.69, 9.17) is 14.6 Å². The third-order valence-electron chi connectivity index (χ3n) is 5.38. The van der Waals surface area contributed by atoms with Crippen LogP contribution in [0.2, 0.25) is 0 Å². The molecular weight excluding hydrogens is 330 g/mol. The number of carboxylic acids is 1. The second-order valence-electron chi connectivity index (χ2n) is 6.70. The molecule has 2 N–H and O–H groups in total. The first-order valence-electron chi connectivity index (χ1n) is 8.64. The smallest absolute Gasteiger partial charge is 0.335 e. The summed E-state index contributed by atoms with van der Waals surface area (Å²) in [6.45, 7) is 0. The Hall–Kier alpha value is -2.95. The van der Waals surface area contributed by atoms with Gasteiger partial charge in [0.2, 0.25) is 0 Å². The van der Waals surface area contributed by atoms with Gasteiger partial charge in [-0.2, -0.15) is 0 Å². The molecule has 5 heteroatoms. The highest BCUT2D eigenvalue weighted by molar-refractivity contribution is 5.87. The van der Waals surface area contributed by atoms with Gasteiger partial charge in [0, 0.05) is 12.0 Å². The van der Waals surface area contributed by atoms with Crippen LogP contribution in [-0.4, -0.2) is 25.3 Å². The molecule has 0 spiro atoms. The minimum Gasteiger partial charge on any atom is -0.497 e. The van der Waals surface area contributed by atoms with E-state index in [0.29, 0.717) is 11.5 Å². The lowest BCUT2D eigenvalue weighted by atomic mass is 9.76. The van der Waals surface area contributed by atoms with E-state index in [9.17, 15) is 4.79 Å². The summed E-state index contributed by atoms with van der Waals surface area (Å²) in [6.07, 6.45) is 5.44. The number of carbonyl (C=O) groups is 1. The minimum absolute atomic E-state index is 0.0904. The Morgan fingerprint density at radius 2 is 1.92 bits per heavy atom. The van der Waals surface area contributed by atoms with Gasteiger partial charge in [0.25, 0.3) is 0 Å².